The quantitative estimate of drug-likeness (QED) is 0.913. The third-order valence-electron chi connectivity index (χ3n) is 4.20. The lowest BCUT2D eigenvalue weighted by molar-refractivity contribution is -0.0178. The molecule has 0 saturated heterocycles. The summed E-state index contributed by atoms with van der Waals surface area (Å²) >= 11 is 3.59. The first-order valence-corrected chi connectivity index (χ1v) is 7.28. The number of hydrogen-bond donors (Lipinski definition) is 1. The van der Waals surface area contributed by atoms with E-state index in [1.807, 2.05) is 0 Å². The molecule has 18 heavy (non-hydrogen) atoms. The molecule has 3 nitrogen and oxygen atoms in total. The molecule has 0 aromatic heterocycles. The third-order valence-corrected chi connectivity index (χ3v) is 4.66. The van der Waals surface area contributed by atoms with Crippen LogP contribution in [0.2, 0.25) is 0 Å². The molecule has 1 saturated carbocycles. The van der Waals surface area contributed by atoms with E-state index < -0.39 is 0 Å². The lowest BCUT2D eigenvalue weighted by Crippen LogP contribution is -2.33. The lowest BCUT2D eigenvalue weighted by Gasteiger charge is -2.32. The Bertz CT molecular complexity index is 455. The normalized spacial score (nSPS) is 21.4. The average Bonchev–Trinajstić information content (AvgIpc) is 2.87. The van der Waals surface area contributed by atoms with Gasteiger partial charge in [-0.05, 0) is 25.0 Å². The largest absolute Gasteiger partial charge is 0.467 e. The molecule has 0 atom stereocenters. The maximum Gasteiger partial charge on any atom is 0.189 e. The van der Waals surface area contributed by atoms with Crippen LogP contribution in [0.3, 0.4) is 0 Å². The van der Waals surface area contributed by atoms with Crippen LogP contribution in [0.25, 0.3) is 0 Å². The zero-order chi connectivity index (χ0) is 12.6. The van der Waals surface area contributed by atoms with E-state index in [9.17, 15) is 0 Å². The number of nitrogens with two attached hydrogens (primary N) is 1. The van der Waals surface area contributed by atoms with Crippen LogP contribution < -0.4 is 10.5 Å². The molecule has 1 fully saturated rings. The summed E-state index contributed by atoms with van der Waals surface area (Å²) in [4.78, 5) is 0. The fourth-order valence-corrected chi connectivity index (χ4v) is 3.71. The number of benzene rings is 1. The van der Waals surface area contributed by atoms with Gasteiger partial charge < -0.3 is 15.2 Å². The van der Waals surface area contributed by atoms with E-state index in [2.05, 4.69) is 28.1 Å². The SMILES string of the molecule is NCC1(c2cc(Br)cc3c2OCOC3)CCCC1. The summed E-state index contributed by atoms with van der Waals surface area (Å²) in [5.41, 5.74) is 8.59. The lowest BCUT2D eigenvalue weighted by atomic mass is 9.77. The van der Waals surface area contributed by atoms with Crippen LogP contribution in [-0.2, 0) is 16.8 Å². The summed E-state index contributed by atoms with van der Waals surface area (Å²) in [6.07, 6.45) is 4.84. The Morgan fingerprint density at radius 1 is 1.28 bits per heavy atom. The van der Waals surface area contributed by atoms with E-state index >= 15 is 0 Å². The van der Waals surface area contributed by atoms with E-state index in [0.29, 0.717) is 19.9 Å². The van der Waals surface area contributed by atoms with Gasteiger partial charge in [-0.25, -0.2) is 0 Å². The molecule has 1 heterocycles. The molecule has 98 valence electrons. The van der Waals surface area contributed by atoms with Crippen molar-refractivity contribution >= 4 is 15.9 Å². The standard InChI is InChI=1S/C14H18BrNO2/c15-11-5-10-7-17-9-18-13(10)12(6-11)14(8-16)3-1-2-4-14/h5-6H,1-4,7-9,16H2. The van der Waals surface area contributed by atoms with E-state index in [1.54, 1.807) is 0 Å². The van der Waals surface area contributed by atoms with E-state index in [4.69, 9.17) is 15.2 Å². The van der Waals surface area contributed by atoms with Crippen LogP contribution in [0.15, 0.2) is 16.6 Å². The van der Waals surface area contributed by atoms with Gasteiger partial charge in [0.05, 0.1) is 6.61 Å². The van der Waals surface area contributed by atoms with Crippen molar-refractivity contribution in [1.82, 2.24) is 0 Å². The molecular formula is C14H18BrNO2. The highest BCUT2D eigenvalue weighted by Gasteiger charge is 2.38. The highest BCUT2D eigenvalue weighted by atomic mass is 79.9. The van der Waals surface area contributed by atoms with Crippen molar-refractivity contribution in [3.8, 4) is 5.75 Å². The van der Waals surface area contributed by atoms with Gasteiger partial charge in [-0.1, -0.05) is 28.8 Å². The minimum absolute atomic E-state index is 0.102. The highest BCUT2D eigenvalue weighted by molar-refractivity contribution is 9.10. The van der Waals surface area contributed by atoms with Crippen LogP contribution >= 0.6 is 15.9 Å². The van der Waals surface area contributed by atoms with Gasteiger partial charge in [0, 0.05) is 27.6 Å². The Hall–Kier alpha value is -0.580. The third kappa shape index (κ3) is 1.96. The van der Waals surface area contributed by atoms with Gasteiger partial charge in [0.15, 0.2) is 6.79 Å². The molecule has 1 aromatic carbocycles. The fraction of sp³-hybridized carbons (Fsp3) is 0.571. The molecule has 0 bridgehead atoms. The Balaban J connectivity index is 2.12. The molecule has 2 N–H and O–H groups in total. The summed E-state index contributed by atoms with van der Waals surface area (Å²) in [6, 6.07) is 4.26. The van der Waals surface area contributed by atoms with Crippen molar-refractivity contribution in [3.05, 3.63) is 27.7 Å². The predicted molar refractivity (Wildman–Crippen MR) is 73.6 cm³/mol. The minimum atomic E-state index is 0.102. The van der Waals surface area contributed by atoms with Crippen molar-refractivity contribution in [2.45, 2.75) is 37.7 Å². The molecule has 3 rings (SSSR count). The first-order valence-electron chi connectivity index (χ1n) is 6.49. The number of hydrogen-bond acceptors (Lipinski definition) is 3. The van der Waals surface area contributed by atoms with Gasteiger partial charge in [-0.2, -0.15) is 0 Å². The molecule has 2 aliphatic rings. The van der Waals surface area contributed by atoms with Crippen molar-refractivity contribution in [3.63, 3.8) is 0 Å². The Kier molecular flexibility index (Phi) is 3.34. The summed E-state index contributed by atoms with van der Waals surface area (Å²) in [7, 11) is 0. The molecule has 0 unspecified atom stereocenters. The van der Waals surface area contributed by atoms with Crippen molar-refractivity contribution in [2.24, 2.45) is 5.73 Å². The molecule has 1 aromatic rings. The van der Waals surface area contributed by atoms with Crippen molar-refractivity contribution < 1.29 is 9.47 Å². The number of rotatable bonds is 2. The van der Waals surface area contributed by atoms with Gasteiger partial charge in [-0.15, -0.1) is 0 Å². The zero-order valence-electron chi connectivity index (χ0n) is 10.4. The molecule has 1 aliphatic heterocycles. The van der Waals surface area contributed by atoms with E-state index in [-0.39, 0.29) is 5.41 Å². The Morgan fingerprint density at radius 2 is 2.06 bits per heavy atom. The highest BCUT2D eigenvalue weighted by Crippen LogP contribution is 2.46. The maximum absolute atomic E-state index is 6.08. The number of fused-ring (bicyclic) bond motifs is 1. The van der Waals surface area contributed by atoms with E-state index in [1.165, 1.54) is 18.4 Å². The van der Waals surface area contributed by atoms with Gasteiger partial charge >= 0.3 is 0 Å². The predicted octanol–water partition coefficient (Wildman–Crippen LogP) is 3.09. The molecule has 4 heteroatoms. The molecule has 0 amide bonds. The second-order valence-electron chi connectivity index (χ2n) is 5.24. The summed E-state index contributed by atoms with van der Waals surface area (Å²) in [5.74, 6) is 1.01. The smallest absolute Gasteiger partial charge is 0.189 e. The van der Waals surface area contributed by atoms with Crippen LogP contribution in [0, 0.1) is 0 Å². The summed E-state index contributed by atoms with van der Waals surface area (Å²) < 4.78 is 12.2. The molecular weight excluding hydrogens is 294 g/mol. The molecule has 0 spiro atoms. The monoisotopic (exact) mass is 311 g/mol. The first kappa shape index (κ1) is 12.5. The second-order valence-corrected chi connectivity index (χ2v) is 6.16. The zero-order valence-corrected chi connectivity index (χ0v) is 12.0. The van der Waals surface area contributed by atoms with Crippen molar-refractivity contribution in [1.29, 1.82) is 0 Å². The van der Waals surface area contributed by atoms with Crippen LogP contribution in [0.4, 0.5) is 0 Å². The first-order chi connectivity index (χ1) is 8.75. The van der Waals surface area contributed by atoms with Crippen LogP contribution in [-0.4, -0.2) is 13.3 Å². The van der Waals surface area contributed by atoms with Gasteiger partial charge in [0.25, 0.3) is 0 Å². The van der Waals surface area contributed by atoms with E-state index in [0.717, 1.165) is 28.6 Å². The molecule has 1 aliphatic carbocycles. The fourth-order valence-electron chi connectivity index (χ4n) is 3.21. The maximum atomic E-state index is 6.08. The number of halogens is 1. The summed E-state index contributed by atoms with van der Waals surface area (Å²) in [6.45, 7) is 1.67. The minimum Gasteiger partial charge on any atom is -0.467 e. The Labute approximate surface area is 116 Å². The molecule has 0 radical (unpaired) electrons. The van der Waals surface area contributed by atoms with Gasteiger partial charge in [0.1, 0.15) is 5.75 Å². The van der Waals surface area contributed by atoms with Crippen LogP contribution in [0.5, 0.6) is 5.75 Å². The van der Waals surface area contributed by atoms with Gasteiger partial charge in [-0.3, -0.25) is 0 Å². The Morgan fingerprint density at radius 3 is 2.78 bits per heavy atom. The summed E-state index contributed by atoms with van der Waals surface area (Å²) in [5, 5.41) is 0. The van der Waals surface area contributed by atoms with Crippen LogP contribution in [0.1, 0.15) is 36.8 Å². The topological polar surface area (TPSA) is 44.5 Å². The second kappa shape index (κ2) is 4.83. The van der Waals surface area contributed by atoms with Gasteiger partial charge in [0.2, 0.25) is 0 Å². The number of ether oxygens (including phenoxy) is 2. The average molecular weight is 312 g/mol. The van der Waals surface area contributed by atoms with Crippen molar-refractivity contribution in [2.75, 3.05) is 13.3 Å².